The number of alkyl halides is 3. The van der Waals surface area contributed by atoms with E-state index in [0.29, 0.717) is 37.6 Å². The predicted molar refractivity (Wildman–Crippen MR) is 264 cm³/mol. The first kappa shape index (κ1) is 51.1. The Morgan fingerprint density at radius 1 is 0.900 bits per heavy atom. The van der Waals surface area contributed by atoms with Gasteiger partial charge in [0.15, 0.2) is 0 Å². The average molecular weight is 985 g/mol. The van der Waals surface area contributed by atoms with Gasteiger partial charge in [-0.15, -0.1) is 11.3 Å². The van der Waals surface area contributed by atoms with E-state index in [2.05, 4.69) is 41.5 Å². The van der Waals surface area contributed by atoms with E-state index >= 15 is 0 Å². The monoisotopic (exact) mass is 984 g/mol. The van der Waals surface area contributed by atoms with Crippen molar-refractivity contribution in [3.05, 3.63) is 107 Å². The molecule has 4 amide bonds. The Morgan fingerprint density at radius 3 is 2.26 bits per heavy atom. The van der Waals surface area contributed by atoms with Gasteiger partial charge in [-0.05, 0) is 54.7 Å². The number of benzene rings is 3. The molecule has 3 aromatic carbocycles. The second-order valence-corrected chi connectivity index (χ2v) is 19.4. The second kappa shape index (κ2) is 21.5. The molecule has 4 unspecified atom stereocenters. The van der Waals surface area contributed by atoms with Gasteiger partial charge in [-0.3, -0.25) is 24.1 Å². The molecule has 4 atom stereocenters. The molecule has 6 N–H and O–H groups in total. The lowest BCUT2D eigenvalue weighted by molar-refractivity contribution is -0.144. The average Bonchev–Trinajstić information content (AvgIpc) is 3.95. The van der Waals surface area contributed by atoms with E-state index in [1.54, 1.807) is 41.1 Å². The quantitative estimate of drug-likeness (QED) is 0.0638. The first-order valence-corrected chi connectivity index (χ1v) is 23.8. The number of methoxy groups -OCH3 is 1. The molecule has 70 heavy (non-hydrogen) atoms. The van der Waals surface area contributed by atoms with Gasteiger partial charge in [-0.1, -0.05) is 57.2 Å². The first-order valence-electron chi connectivity index (χ1n) is 22.9. The number of aliphatic hydroxyl groups is 1. The summed E-state index contributed by atoms with van der Waals surface area (Å²) >= 11 is 1.56. The van der Waals surface area contributed by atoms with Gasteiger partial charge in [-0.25, -0.2) is 9.97 Å². The van der Waals surface area contributed by atoms with Crippen LogP contribution in [0.1, 0.15) is 67.3 Å². The number of piperazine rings is 1. The van der Waals surface area contributed by atoms with E-state index in [4.69, 9.17) is 4.74 Å². The minimum absolute atomic E-state index is 0.0274. The van der Waals surface area contributed by atoms with E-state index in [0.717, 1.165) is 33.6 Å². The normalized spacial score (nSPS) is 17.4. The number of aryl methyl sites for hydroxylation is 1. The van der Waals surface area contributed by atoms with Crippen LogP contribution in [0.5, 0.6) is 5.75 Å². The van der Waals surface area contributed by atoms with E-state index in [1.165, 1.54) is 37.3 Å². The van der Waals surface area contributed by atoms with Gasteiger partial charge in [0.05, 0.1) is 70.1 Å². The summed E-state index contributed by atoms with van der Waals surface area (Å²) in [5.41, 5.74) is 4.22. The summed E-state index contributed by atoms with van der Waals surface area (Å²) in [6.45, 7) is 11.5. The Bertz CT molecular complexity index is 2690. The molecule has 372 valence electrons. The van der Waals surface area contributed by atoms with Crippen LogP contribution in [0.3, 0.4) is 0 Å². The Hall–Kier alpha value is -6.77. The fourth-order valence-corrected chi connectivity index (χ4v) is 9.44. The summed E-state index contributed by atoms with van der Waals surface area (Å²) in [6, 6.07) is 18.4. The number of amides is 4. The Labute approximate surface area is 409 Å². The standard InChI is InChI=1S/C50H59F3N10O6S/c1-29(31-12-14-32(15-13-31)44-30(2)56-28-70-44)57-47(67)40-23-34(64)26-63(40)48(68)45(49(3,4)5)60-43(65)27-61-18-20-62(21-19-61)33-16-17-38(41(22-33)69-7)59-42-24-39(36(25-55-42)50(51,52)53)58-37-11-9-8-10-35(37)46(66)54-6/h8-17,22,24-25,28-29,34,40,45,64H,18-21,23,26-27H2,1-7H3,(H,54,66)(H,57,67)(H,60,65)(H2,55,58,59). The van der Waals surface area contributed by atoms with Crippen LogP contribution in [-0.2, 0) is 20.6 Å². The lowest BCUT2D eigenvalue weighted by atomic mass is 9.85. The molecule has 5 aromatic rings. The van der Waals surface area contributed by atoms with Crippen LogP contribution in [0.2, 0.25) is 0 Å². The predicted octanol–water partition coefficient (Wildman–Crippen LogP) is 6.88. The van der Waals surface area contributed by atoms with Crippen molar-refractivity contribution in [2.75, 3.05) is 69.0 Å². The van der Waals surface area contributed by atoms with Crippen molar-refractivity contribution in [2.24, 2.45) is 5.41 Å². The van der Waals surface area contributed by atoms with Crippen LogP contribution in [0, 0.1) is 12.3 Å². The number of nitrogens with zero attached hydrogens (tertiary/aromatic N) is 5. The third-order valence-electron chi connectivity index (χ3n) is 12.5. The number of halogens is 3. The molecule has 0 radical (unpaired) electrons. The van der Waals surface area contributed by atoms with Crippen LogP contribution in [-0.4, -0.2) is 120 Å². The van der Waals surface area contributed by atoms with Crippen molar-refractivity contribution in [1.29, 1.82) is 0 Å². The molecule has 4 heterocycles. The van der Waals surface area contributed by atoms with Crippen molar-refractivity contribution in [3.63, 3.8) is 0 Å². The SMILES string of the molecule is CNC(=O)c1ccccc1Nc1cc(Nc2ccc(N3CCN(CC(=O)NC(C(=O)N4CC(O)CC4C(=O)NC(C)c4ccc(-c5scnc5C)cc4)C(C)(C)C)CC3)cc2OC)ncc1C(F)(F)F. The summed E-state index contributed by atoms with van der Waals surface area (Å²) in [6.07, 6.45) is -4.85. The van der Waals surface area contributed by atoms with Crippen LogP contribution in [0.25, 0.3) is 10.4 Å². The van der Waals surface area contributed by atoms with Crippen molar-refractivity contribution in [2.45, 2.75) is 71.4 Å². The van der Waals surface area contributed by atoms with Gasteiger partial charge >= 0.3 is 6.18 Å². The third kappa shape index (κ3) is 12.0. The highest BCUT2D eigenvalue weighted by Gasteiger charge is 2.45. The molecule has 0 spiro atoms. The van der Waals surface area contributed by atoms with E-state index in [1.807, 2.05) is 69.9 Å². The number of nitrogens with one attached hydrogen (secondary N) is 5. The lowest BCUT2D eigenvalue weighted by Gasteiger charge is -2.38. The minimum atomic E-state index is -4.74. The van der Waals surface area contributed by atoms with Crippen LogP contribution < -0.4 is 36.2 Å². The van der Waals surface area contributed by atoms with Gasteiger partial charge in [0, 0.05) is 70.2 Å². The van der Waals surface area contributed by atoms with Crippen LogP contribution in [0.4, 0.5) is 41.7 Å². The topological polar surface area (TPSA) is 193 Å². The number of likely N-dealkylation sites (tertiary alicyclic amines) is 1. The van der Waals surface area contributed by atoms with Crippen molar-refractivity contribution < 1.29 is 42.2 Å². The van der Waals surface area contributed by atoms with Gasteiger partial charge in [-0.2, -0.15) is 13.2 Å². The lowest BCUT2D eigenvalue weighted by Crippen LogP contribution is -2.59. The number of para-hydroxylation sites is 1. The molecule has 16 nitrogen and oxygen atoms in total. The highest BCUT2D eigenvalue weighted by Crippen LogP contribution is 2.39. The summed E-state index contributed by atoms with van der Waals surface area (Å²) in [4.78, 5) is 69.1. The number of hydrogen-bond donors (Lipinski definition) is 6. The number of rotatable bonds is 15. The van der Waals surface area contributed by atoms with E-state index in [9.17, 15) is 37.5 Å². The molecular formula is C50H59F3N10O6S. The maximum absolute atomic E-state index is 14.3. The number of ether oxygens (including phenoxy) is 1. The zero-order valence-corrected chi connectivity index (χ0v) is 40.9. The van der Waals surface area contributed by atoms with E-state index < -0.39 is 47.2 Å². The number of carbonyl (C=O) groups is 4. The number of anilines is 5. The summed E-state index contributed by atoms with van der Waals surface area (Å²) in [5.74, 6) is -1.15. The minimum Gasteiger partial charge on any atom is -0.494 e. The molecule has 2 saturated heterocycles. The number of aromatic nitrogens is 2. The van der Waals surface area contributed by atoms with Gasteiger partial charge < -0.3 is 46.2 Å². The molecular weight excluding hydrogens is 926 g/mol. The highest BCUT2D eigenvalue weighted by molar-refractivity contribution is 7.13. The van der Waals surface area contributed by atoms with Crippen LogP contribution in [0.15, 0.2) is 84.5 Å². The van der Waals surface area contributed by atoms with Crippen LogP contribution >= 0.6 is 11.3 Å². The fraction of sp³-hybridized carbons (Fsp3) is 0.400. The molecule has 2 aromatic heterocycles. The molecule has 2 aliphatic heterocycles. The summed E-state index contributed by atoms with van der Waals surface area (Å²) in [7, 11) is 2.91. The fourth-order valence-electron chi connectivity index (χ4n) is 8.63. The largest absolute Gasteiger partial charge is 0.494 e. The van der Waals surface area contributed by atoms with Crippen molar-refractivity contribution in [3.8, 4) is 16.2 Å². The Morgan fingerprint density at radius 2 is 1.61 bits per heavy atom. The highest BCUT2D eigenvalue weighted by atomic mass is 32.1. The smallest absolute Gasteiger partial charge is 0.419 e. The molecule has 2 aliphatic rings. The Balaban J connectivity index is 0.949. The number of hydrogen-bond acceptors (Lipinski definition) is 13. The van der Waals surface area contributed by atoms with Gasteiger partial charge in [0.25, 0.3) is 5.91 Å². The zero-order valence-electron chi connectivity index (χ0n) is 40.1. The van der Waals surface area contributed by atoms with Gasteiger partial charge in [0.2, 0.25) is 17.7 Å². The molecule has 2 fully saturated rings. The number of carbonyl (C=O) groups excluding carboxylic acids is 4. The van der Waals surface area contributed by atoms with Crippen molar-refractivity contribution >= 4 is 63.5 Å². The number of thiazole rings is 1. The third-order valence-corrected chi connectivity index (χ3v) is 13.5. The maximum atomic E-state index is 14.3. The number of aliphatic hydroxyl groups excluding tert-OH is 1. The number of β-amino-alcohol motifs (C(OH)–C–C–N with tert-alkyl or cyclic N) is 1. The van der Waals surface area contributed by atoms with E-state index in [-0.39, 0.29) is 60.1 Å². The molecule has 0 aliphatic carbocycles. The maximum Gasteiger partial charge on any atom is 0.419 e. The molecule has 20 heteroatoms. The summed E-state index contributed by atoms with van der Waals surface area (Å²) in [5, 5.41) is 25.0. The Kier molecular flexibility index (Phi) is 15.7. The zero-order chi connectivity index (χ0) is 50.5. The first-order chi connectivity index (χ1) is 33.2. The van der Waals surface area contributed by atoms with Gasteiger partial charge in [0.1, 0.15) is 23.7 Å². The molecule has 7 rings (SSSR count). The molecule has 0 bridgehead atoms. The number of pyridine rings is 1. The molecule has 0 saturated carbocycles. The second-order valence-electron chi connectivity index (χ2n) is 18.5. The summed E-state index contributed by atoms with van der Waals surface area (Å²) < 4.78 is 48.1. The van der Waals surface area contributed by atoms with Crippen molar-refractivity contribution in [1.82, 2.24) is 35.7 Å².